The van der Waals surface area contributed by atoms with Crippen molar-refractivity contribution in [2.45, 2.75) is 38.6 Å². The molecule has 6 heteroatoms. The van der Waals surface area contributed by atoms with E-state index in [1.807, 2.05) is 6.92 Å². The molecule has 0 spiro atoms. The summed E-state index contributed by atoms with van der Waals surface area (Å²) in [6.07, 6.45) is 3.16. The lowest BCUT2D eigenvalue weighted by atomic mass is 10.0. The Morgan fingerprint density at radius 2 is 2.33 bits per heavy atom. The van der Waals surface area contributed by atoms with Crippen molar-refractivity contribution in [3.05, 3.63) is 0 Å². The largest absolute Gasteiger partial charge is 0.409 e. The fraction of sp³-hybridized carbons (Fsp3) is 0.833. The first-order valence-corrected chi connectivity index (χ1v) is 6.34. The SMILES string of the molecule is COCC(C)CC(=O)NC1CCCC1C(N)=NO. The van der Waals surface area contributed by atoms with E-state index in [0.717, 1.165) is 19.3 Å². The van der Waals surface area contributed by atoms with Gasteiger partial charge in [-0.3, -0.25) is 4.79 Å². The van der Waals surface area contributed by atoms with Gasteiger partial charge in [0.2, 0.25) is 5.91 Å². The number of rotatable bonds is 6. The van der Waals surface area contributed by atoms with Gasteiger partial charge in [-0.15, -0.1) is 0 Å². The van der Waals surface area contributed by atoms with Crippen LogP contribution in [0.2, 0.25) is 0 Å². The van der Waals surface area contributed by atoms with Crippen LogP contribution in [0.1, 0.15) is 32.6 Å². The summed E-state index contributed by atoms with van der Waals surface area (Å²) < 4.78 is 5.00. The first-order chi connectivity index (χ1) is 8.58. The van der Waals surface area contributed by atoms with Crippen LogP contribution in [0, 0.1) is 11.8 Å². The van der Waals surface area contributed by atoms with Gasteiger partial charge in [0.05, 0.1) is 0 Å². The Labute approximate surface area is 108 Å². The third-order valence-corrected chi connectivity index (χ3v) is 3.34. The van der Waals surface area contributed by atoms with E-state index in [-0.39, 0.29) is 29.6 Å². The molecule has 0 saturated heterocycles. The number of nitrogens with zero attached hydrogens (tertiary/aromatic N) is 1. The van der Waals surface area contributed by atoms with Gasteiger partial charge in [0.15, 0.2) is 0 Å². The zero-order chi connectivity index (χ0) is 13.5. The maximum atomic E-state index is 11.8. The molecule has 0 bridgehead atoms. The van der Waals surface area contributed by atoms with Gasteiger partial charge in [-0.1, -0.05) is 18.5 Å². The van der Waals surface area contributed by atoms with Crippen LogP contribution in [-0.2, 0) is 9.53 Å². The minimum Gasteiger partial charge on any atom is -0.409 e. The van der Waals surface area contributed by atoms with Crippen LogP contribution in [0.15, 0.2) is 5.16 Å². The lowest BCUT2D eigenvalue weighted by Gasteiger charge is -2.20. The van der Waals surface area contributed by atoms with Crippen molar-refractivity contribution < 1.29 is 14.7 Å². The first-order valence-electron chi connectivity index (χ1n) is 6.34. The average Bonchev–Trinajstić information content (AvgIpc) is 2.76. The molecule has 0 radical (unpaired) electrons. The smallest absolute Gasteiger partial charge is 0.220 e. The van der Waals surface area contributed by atoms with Crippen LogP contribution in [0.4, 0.5) is 0 Å². The van der Waals surface area contributed by atoms with Crippen molar-refractivity contribution in [3.8, 4) is 0 Å². The van der Waals surface area contributed by atoms with Gasteiger partial charge < -0.3 is 21.0 Å². The summed E-state index contributed by atoms with van der Waals surface area (Å²) >= 11 is 0. The Balaban J connectivity index is 2.43. The summed E-state index contributed by atoms with van der Waals surface area (Å²) in [6.45, 7) is 2.54. The number of nitrogens with two attached hydrogens (primary N) is 1. The molecule has 0 aromatic rings. The van der Waals surface area contributed by atoms with Crippen molar-refractivity contribution in [1.29, 1.82) is 0 Å². The molecule has 1 aliphatic rings. The molecular formula is C12H23N3O3. The first kappa shape index (κ1) is 14.8. The Kier molecular flexibility index (Phi) is 5.91. The molecule has 0 aliphatic heterocycles. The number of oxime groups is 1. The highest BCUT2D eigenvalue weighted by molar-refractivity contribution is 5.84. The second-order valence-corrected chi connectivity index (χ2v) is 5.00. The maximum absolute atomic E-state index is 11.8. The monoisotopic (exact) mass is 257 g/mol. The summed E-state index contributed by atoms with van der Waals surface area (Å²) in [5, 5.41) is 14.7. The van der Waals surface area contributed by atoms with E-state index in [2.05, 4.69) is 10.5 Å². The number of amidine groups is 1. The molecule has 6 nitrogen and oxygen atoms in total. The van der Waals surface area contributed by atoms with Gasteiger partial charge in [0, 0.05) is 32.1 Å². The standard InChI is InChI=1S/C12H23N3O3/c1-8(7-18-2)6-11(16)14-10-5-3-4-9(10)12(13)15-17/h8-10,17H,3-7H2,1-2H3,(H2,13,15)(H,14,16). The highest BCUT2D eigenvalue weighted by Gasteiger charge is 2.31. The number of carbonyl (C=O) groups is 1. The summed E-state index contributed by atoms with van der Waals surface area (Å²) in [5.74, 6) is 0.361. The summed E-state index contributed by atoms with van der Waals surface area (Å²) in [4.78, 5) is 11.8. The van der Waals surface area contributed by atoms with Crippen LogP contribution in [0.3, 0.4) is 0 Å². The van der Waals surface area contributed by atoms with Gasteiger partial charge in [-0.25, -0.2) is 0 Å². The maximum Gasteiger partial charge on any atom is 0.220 e. The molecule has 18 heavy (non-hydrogen) atoms. The van der Waals surface area contributed by atoms with E-state index in [1.54, 1.807) is 7.11 Å². The molecule has 1 saturated carbocycles. The molecule has 104 valence electrons. The zero-order valence-electron chi connectivity index (χ0n) is 11.1. The van der Waals surface area contributed by atoms with E-state index >= 15 is 0 Å². The molecular weight excluding hydrogens is 234 g/mol. The van der Waals surface area contributed by atoms with Crippen LogP contribution < -0.4 is 11.1 Å². The third-order valence-electron chi connectivity index (χ3n) is 3.34. The van der Waals surface area contributed by atoms with Crippen LogP contribution in [0.25, 0.3) is 0 Å². The van der Waals surface area contributed by atoms with Gasteiger partial charge in [0.1, 0.15) is 5.84 Å². The molecule has 1 aliphatic carbocycles. The van der Waals surface area contributed by atoms with Crippen molar-refractivity contribution in [2.75, 3.05) is 13.7 Å². The van der Waals surface area contributed by atoms with E-state index < -0.39 is 0 Å². The quantitative estimate of drug-likeness (QED) is 0.282. The molecule has 1 rings (SSSR count). The Bertz CT molecular complexity index is 307. The topological polar surface area (TPSA) is 96.9 Å². The van der Waals surface area contributed by atoms with Gasteiger partial charge in [-0.2, -0.15) is 0 Å². The highest BCUT2D eigenvalue weighted by Crippen LogP contribution is 2.26. The fourth-order valence-corrected chi connectivity index (χ4v) is 2.49. The minimum atomic E-state index is -0.0447. The summed E-state index contributed by atoms with van der Waals surface area (Å²) in [7, 11) is 1.62. The van der Waals surface area contributed by atoms with E-state index in [0.29, 0.717) is 13.0 Å². The number of hydrogen-bond donors (Lipinski definition) is 3. The van der Waals surface area contributed by atoms with Crippen LogP contribution in [-0.4, -0.2) is 36.7 Å². The number of hydrogen-bond acceptors (Lipinski definition) is 4. The average molecular weight is 257 g/mol. The Morgan fingerprint density at radius 3 is 2.94 bits per heavy atom. The molecule has 0 heterocycles. The number of nitrogens with one attached hydrogen (secondary N) is 1. The predicted octanol–water partition coefficient (Wildman–Crippen LogP) is 0.690. The van der Waals surface area contributed by atoms with Crippen LogP contribution >= 0.6 is 0 Å². The van der Waals surface area contributed by atoms with Crippen molar-refractivity contribution in [3.63, 3.8) is 0 Å². The Morgan fingerprint density at radius 1 is 1.61 bits per heavy atom. The molecule has 3 atom stereocenters. The minimum absolute atomic E-state index is 0.00203. The van der Waals surface area contributed by atoms with E-state index in [1.165, 1.54) is 0 Å². The molecule has 0 aromatic heterocycles. The van der Waals surface area contributed by atoms with Crippen molar-refractivity contribution in [1.82, 2.24) is 5.32 Å². The van der Waals surface area contributed by atoms with Gasteiger partial charge in [0.25, 0.3) is 0 Å². The normalized spacial score (nSPS) is 26.0. The summed E-state index contributed by atoms with van der Waals surface area (Å²) in [5.41, 5.74) is 5.62. The third kappa shape index (κ3) is 4.18. The van der Waals surface area contributed by atoms with Gasteiger partial charge in [-0.05, 0) is 18.8 Å². The molecule has 3 unspecified atom stereocenters. The number of methoxy groups -OCH3 is 1. The van der Waals surface area contributed by atoms with Crippen molar-refractivity contribution in [2.24, 2.45) is 22.7 Å². The number of amides is 1. The zero-order valence-corrected chi connectivity index (χ0v) is 11.1. The summed E-state index contributed by atoms with van der Waals surface area (Å²) in [6, 6.07) is -0.0110. The molecule has 0 aromatic carbocycles. The molecule has 1 fully saturated rings. The number of carbonyl (C=O) groups excluding carboxylic acids is 1. The fourth-order valence-electron chi connectivity index (χ4n) is 2.49. The highest BCUT2D eigenvalue weighted by atomic mass is 16.5. The molecule has 4 N–H and O–H groups in total. The predicted molar refractivity (Wildman–Crippen MR) is 68.3 cm³/mol. The second kappa shape index (κ2) is 7.20. The molecule has 1 amide bonds. The van der Waals surface area contributed by atoms with E-state index in [9.17, 15) is 4.79 Å². The van der Waals surface area contributed by atoms with Crippen LogP contribution in [0.5, 0.6) is 0 Å². The van der Waals surface area contributed by atoms with Crippen molar-refractivity contribution >= 4 is 11.7 Å². The number of ether oxygens (including phenoxy) is 1. The lowest BCUT2D eigenvalue weighted by Crippen LogP contribution is -2.42. The second-order valence-electron chi connectivity index (χ2n) is 5.00. The lowest BCUT2D eigenvalue weighted by molar-refractivity contribution is -0.123. The van der Waals surface area contributed by atoms with E-state index in [4.69, 9.17) is 15.7 Å². The van der Waals surface area contributed by atoms with Gasteiger partial charge >= 0.3 is 0 Å². The Hall–Kier alpha value is -1.30.